The van der Waals surface area contributed by atoms with Gasteiger partial charge < -0.3 is 14.8 Å². The minimum atomic E-state index is -1.82. The van der Waals surface area contributed by atoms with E-state index >= 15 is 0 Å². The first kappa shape index (κ1) is 40.4. The predicted octanol–water partition coefficient (Wildman–Crippen LogP) is 10.8. The van der Waals surface area contributed by atoms with Gasteiger partial charge in [-0.15, -0.1) is 22.0 Å². The van der Waals surface area contributed by atoms with Crippen LogP contribution in [0.25, 0.3) is 22.7 Å². The van der Waals surface area contributed by atoms with Crippen LogP contribution in [0.2, 0.25) is 23.2 Å². The fraction of sp³-hybridized carbons (Fsp3) is 0.317. The summed E-state index contributed by atoms with van der Waals surface area (Å²) in [4.78, 5) is 16.5. The number of phenolic OH excluding ortho intramolecular Hbond substituents is 1. The fourth-order valence-electron chi connectivity index (χ4n) is 5.43. The van der Waals surface area contributed by atoms with Crippen LogP contribution in [-0.4, -0.2) is 56.2 Å². The summed E-state index contributed by atoms with van der Waals surface area (Å²) in [6.07, 6.45) is 2.07. The molecule has 0 aliphatic heterocycles. The van der Waals surface area contributed by atoms with Crippen molar-refractivity contribution in [1.29, 1.82) is 0 Å². The van der Waals surface area contributed by atoms with E-state index in [9.17, 15) is 9.90 Å². The third kappa shape index (κ3) is 9.58. The fourth-order valence-corrected chi connectivity index (χ4v) is 8.64. The van der Waals surface area contributed by atoms with E-state index in [0.717, 1.165) is 48.7 Å². The third-order valence-corrected chi connectivity index (χ3v) is 16.6. The standard InChI is InChI=1S/C41H48ClN7O3S2Si/c1-40(2,3)35-24-37(49(47-35)28-17-19-32(50)31(42)23-28)44-39(51)43-25-27-13-9-11-15-33(27)54-29-18-20-36-45-46-38(48(36)26-29)30-14-10-12-16-34(30)53-22-21-52-55(7,8)41(4,5)6/h9-20,23-24,26,50H,21-22,25H2,1-8H3,(H2,43,44,51). The van der Waals surface area contributed by atoms with Gasteiger partial charge in [0.15, 0.2) is 19.8 Å². The zero-order chi connectivity index (χ0) is 39.5. The summed E-state index contributed by atoms with van der Waals surface area (Å²) in [6.45, 7) is 18.5. The van der Waals surface area contributed by atoms with Crippen LogP contribution in [-0.2, 0) is 16.4 Å². The molecule has 0 fully saturated rings. The number of urea groups is 1. The number of nitrogens with one attached hydrogen (secondary N) is 2. The largest absolute Gasteiger partial charge is 0.506 e. The van der Waals surface area contributed by atoms with Crippen LogP contribution >= 0.6 is 35.1 Å². The highest BCUT2D eigenvalue weighted by atomic mass is 35.5. The zero-order valence-corrected chi connectivity index (χ0v) is 35.9. The molecule has 6 rings (SSSR count). The molecule has 0 unspecified atom stereocenters. The number of aromatic nitrogens is 5. The van der Waals surface area contributed by atoms with Gasteiger partial charge in [-0.2, -0.15) is 5.10 Å². The number of anilines is 1. The summed E-state index contributed by atoms with van der Waals surface area (Å²) < 4.78 is 10.1. The van der Waals surface area contributed by atoms with Crippen molar-refractivity contribution in [2.24, 2.45) is 0 Å². The van der Waals surface area contributed by atoms with E-state index in [1.807, 2.05) is 52.9 Å². The highest BCUT2D eigenvalue weighted by molar-refractivity contribution is 7.99. The first-order valence-electron chi connectivity index (χ1n) is 18.1. The third-order valence-electron chi connectivity index (χ3n) is 9.65. The molecule has 0 saturated heterocycles. The maximum absolute atomic E-state index is 13.3. The van der Waals surface area contributed by atoms with Crippen LogP contribution in [0.3, 0.4) is 0 Å². The highest BCUT2D eigenvalue weighted by Crippen LogP contribution is 2.38. The van der Waals surface area contributed by atoms with Crippen LogP contribution in [0.1, 0.15) is 52.8 Å². The van der Waals surface area contributed by atoms with Crippen molar-refractivity contribution in [3.05, 3.63) is 107 Å². The molecule has 288 valence electrons. The number of amides is 2. The topological polar surface area (TPSA) is 119 Å². The van der Waals surface area contributed by atoms with Crippen molar-refractivity contribution < 1.29 is 14.3 Å². The molecule has 0 aliphatic rings. The minimum Gasteiger partial charge on any atom is -0.506 e. The van der Waals surface area contributed by atoms with Gasteiger partial charge >= 0.3 is 6.03 Å². The number of rotatable bonds is 12. The molecule has 0 aliphatic carbocycles. The molecule has 6 aromatic rings. The van der Waals surface area contributed by atoms with Crippen LogP contribution in [0.5, 0.6) is 5.75 Å². The number of nitrogens with zero attached hydrogens (tertiary/aromatic N) is 5. The van der Waals surface area contributed by atoms with Crippen LogP contribution in [0, 0.1) is 0 Å². The number of halogens is 1. The van der Waals surface area contributed by atoms with E-state index in [-0.39, 0.29) is 27.3 Å². The molecule has 0 spiro atoms. The smallest absolute Gasteiger partial charge is 0.320 e. The van der Waals surface area contributed by atoms with Gasteiger partial charge in [0, 0.05) is 56.8 Å². The van der Waals surface area contributed by atoms with Gasteiger partial charge in [-0.3, -0.25) is 9.72 Å². The van der Waals surface area contributed by atoms with Gasteiger partial charge in [-0.25, -0.2) is 9.48 Å². The van der Waals surface area contributed by atoms with E-state index in [1.54, 1.807) is 40.3 Å². The molecule has 55 heavy (non-hydrogen) atoms. The van der Waals surface area contributed by atoms with Crippen molar-refractivity contribution in [2.45, 2.75) is 86.3 Å². The first-order chi connectivity index (χ1) is 26.0. The summed E-state index contributed by atoms with van der Waals surface area (Å²) in [5.41, 5.74) is 3.87. The van der Waals surface area contributed by atoms with Gasteiger partial charge in [0.05, 0.1) is 16.4 Å². The number of benzene rings is 3. The Balaban J connectivity index is 1.16. The number of hydrogen-bond acceptors (Lipinski definition) is 8. The molecule has 10 nitrogen and oxygen atoms in total. The van der Waals surface area contributed by atoms with E-state index in [2.05, 4.69) is 99.9 Å². The summed E-state index contributed by atoms with van der Waals surface area (Å²) in [6, 6.07) is 26.6. The average Bonchev–Trinajstić information content (AvgIpc) is 3.75. The maximum Gasteiger partial charge on any atom is 0.320 e. The second-order valence-corrected chi connectivity index (χ2v) is 23.3. The number of phenols is 1. The Morgan fingerprint density at radius 1 is 0.927 bits per heavy atom. The van der Waals surface area contributed by atoms with Gasteiger partial charge in [0.25, 0.3) is 0 Å². The Morgan fingerprint density at radius 2 is 1.65 bits per heavy atom. The number of fused-ring (bicyclic) bond motifs is 1. The molecule has 3 aromatic carbocycles. The van der Waals surface area contributed by atoms with Crippen LogP contribution < -0.4 is 10.6 Å². The molecule has 3 aromatic heterocycles. The molecule has 3 heterocycles. The van der Waals surface area contributed by atoms with E-state index in [4.69, 9.17) is 21.1 Å². The van der Waals surface area contributed by atoms with Gasteiger partial charge in [-0.1, -0.05) is 101 Å². The Morgan fingerprint density at radius 3 is 2.38 bits per heavy atom. The molecule has 0 radical (unpaired) electrons. The van der Waals surface area contributed by atoms with Gasteiger partial charge in [0.1, 0.15) is 11.6 Å². The van der Waals surface area contributed by atoms with Crippen molar-refractivity contribution >= 4 is 60.9 Å². The SMILES string of the molecule is CC(C)(C)c1cc(NC(=O)NCc2ccccc2Sc2ccc3nnc(-c4ccccc4SCCO[Si](C)(C)C(C)(C)C)n3c2)n(-c2ccc(O)c(Cl)c2)n1. The summed E-state index contributed by atoms with van der Waals surface area (Å²) in [5, 5.41) is 30.1. The Kier molecular flexibility index (Phi) is 12.1. The highest BCUT2D eigenvalue weighted by Gasteiger charge is 2.37. The van der Waals surface area contributed by atoms with E-state index in [1.165, 1.54) is 6.07 Å². The molecule has 0 bridgehead atoms. The zero-order valence-electron chi connectivity index (χ0n) is 32.5. The molecule has 2 amide bonds. The lowest BCUT2D eigenvalue weighted by atomic mass is 9.92. The number of carbonyl (C=O) groups is 1. The van der Waals surface area contributed by atoms with Gasteiger partial charge in [0.2, 0.25) is 0 Å². The monoisotopic (exact) mass is 813 g/mol. The number of carbonyl (C=O) groups excluding carboxylic acids is 1. The van der Waals surface area contributed by atoms with Crippen LogP contribution in [0.4, 0.5) is 10.6 Å². The lowest BCUT2D eigenvalue weighted by Crippen LogP contribution is -2.41. The Hall–Kier alpha value is -4.27. The predicted molar refractivity (Wildman–Crippen MR) is 228 cm³/mol. The van der Waals surface area contributed by atoms with Crippen molar-refractivity contribution in [3.63, 3.8) is 0 Å². The van der Waals surface area contributed by atoms with E-state index in [0.29, 0.717) is 24.7 Å². The Labute approximate surface area is 337 Å². The number of hydrogen-bond donors (Lipinski definition) is 3. The summed E-state index contributed by atoms with van der Waals surface area (Å²) in [7, 11) is -1.82. The quantitative estimate of drug-likeness (QED) is 0.0635. The molecular formula is C41H48ClN7O3S2Si. The second kappa shape index (κ2) is 16.4. The molecule has 0 atom stereocenters. The summed E-state index contributed by atoms with van der Waals surface area (Å²) >= 11 is 9.60. The lowest BCUT2D eigenvalue weighted by Gasteiger charge is -2.36. The van der Waals surface area contributed by atoms with Crippen molar-refractivity contribution in [2.75, 3.05) is 17.7 Å². The van der Waals surface area contributed by atoms with E-state index < -0.39 is 8.32 Å². The minimum absolute atomic E-state index is 0.0296. The number of pyridine rings is 1. The maximum atomic E-state index is 13.3. The second-order valence-electron chi connectivity index (χ2n) is 15.8. The molecule has 3 N–H and O–H groups in total. The summed E-state index contributed by atoms with van der Waals surface area (Å²) in [5.74, 6) is 2.07. The average molecular weight is 815 g/mol. The normalized spacial score (nSPS) is 12.3. The first-order valence-corrected chi connectivity index (χ1v) is 23.2. The number of thioether (sulfide) groups is 1. The molecular weight excluding hydrogens is 766 g/mol. The molecule has 0 saturated carbocycles. The number of aromatic hydroxyl groups is 1. The lowest BCUT2D eigenvalue weighted by molar-refractivity contribution is 0.251. The Bertz CT molecular complexity index is 2310. The van der Waals surface area contributed by atoms with Crippen LogP contribution in [0.15, 0.2) is 106 Å². The van der Waals surface area contributed by atoms with Crippen molar-refractivity contribution in [3.8, 4) is 22.8 Å². The molecule has 14 heteroatoms. The van der Waals surface area contributed by atoms with Crippen molar-refractivity contribution in [1.82, 2.24) is 29.7 Å². The van der Waals surface area contributed by atoms with Gasteiger partial charge in [-0.05, 0) is 66.2 Å².